The van der Waals surface area contributed by atoms with Gasteiger partial charge >= 0.3 is 0 Å². The third kappa shape index (κ3) is 2.46. The molecule has 0 spiro atoms. The van der Waals surface area contributed by atoms with Gasteiger partial charge < -0.3 is 15.2 Å². The van der Waals surface area contributed by atoms with Crippen LogP contribution in [-0.4, -0.2) is 32.1 Å². The van der Waals surface area contributed by atoms with Crippen molar-refractivity contribution in [2.45, 2.75) is 12.5 Å². The van der Waals surface area contributed by atoms with Crippen LogP contribution in [0.25, 0.3) is 0 Å². The van der Waals surface area contributed by atoms with E-state index in [2.05, 4.69) is 0 Å². The van der Waals surface area contributed by atoms with Crippen molar-refractivity contribution in [3.05, 3.63) is 53.6 Å². The van der Waals surface area contributed by atoms with Gasteiger partial charge in [-0.05, 0) is 23.8 Å². The number of amides is 2. The zero-order valence-corrected chi connectivity index (χ0v) is 13.5. The fourth-order valence-corrected chi connectivity index (χ4v) is 3.05. The largest absolute Gasteiger partial charge is 0.496 e. The van der Waals surface area contributed by atoms with Crippen molar-refractivity contribution in [3.63, 3.8) is 0 Å². The molecule has 2 aromatic carbocycles. The van der Waals surface area contributed by atoms with Crippen molar-refractivity contribution in [3.8, 4) is 11.5 Å². The van der Waals surface area contributed by atoms with Crippen molar-refractivity contribution < 1.29 is 19.1 Å². The number of carbonyl (C=O) groups excluding carboxylic acids is 2. The maximum Gasteiger partial charge on any atom is 0.266 e. The molecular formula is C18H18N2O4. The molecule has 0 saturated heterocycles. The van der Waals surface area contributed by atoms with E-state index in [0.717, 1.165) is 5.56 Å². The van der Waals surface area contributed by atoms with E-state index < -0.39 is 11.9 Å². The molecule has 0 saturated carbocycles. The summed E-state index contributed by atoms with van der Waals surface area (Å²) in [6.07, 6.45) is 0.398. The zero-order valence-electron chi connectivity index (χ0n) is 13.5. The van der Waals surface area contributed by atoms with Crippen LogP contribution in [-0.2, 0) is 11.2 Å². The first-order valence-electron chi connectivity index (χ1n) is 7.50. The summed E-state index contributed by atoms with van der Waals surface area (Å²) in [5.41, 5.74) is 7.38. The molecule has 1 aliphatic heterocycles. The summed E-state index contributed by atoms with van der Waals surface area (Å²) in [5.74, 6) is -0.162. The fourth-order valence-electron chi connectivity index (χ4n) is 3.05. The highest BCUT2D eigenvalue weighted by atomic mass is 16.5. The number of hydrogen-bond donors (Lipinski definition) is 1. The summed E-state index contributed by atoms with van der Waals surface area (Å²) >= 11 is 0. The average Bonchev–Trinajstić information content (AvgIpc) is 3.00. The van der Waals surface area contributed by atoms with Gasteiger partial charge in [0.15, 0.2) is 0 Å². The van der Waals surface area contributed by atoms with Gasteiger partial charge in [-0.3, -0.25) is 14.5 Å². The Labute approximate surface area is 139 Å². The summed E-state index contributed by atoms with van der Waals surface area (Å²) in [4.78, 5) is 26.6. The lowest BCUT2D eigenvalue weighted by Gasteiger charge is -2.25. The highest BCUT2D eigenvalue weighted by Gasteiger charge is 2.39. The molecular weight excluding hydrogens is 308 g/mol. The number of primary amides is 1. The van der Waals surface area contributed by atoms with Crippen molar-refractivity contribution in [2.75, 3.05) is 19.1 Å². The minimum absolute atomic E-state index is 0.269. The minimum Gasteiger partial charge on any atom is -0.496 e. The Morgan fingerprint density at radius 3 is 2.25 bits per heavy atom. The predicted molar refractivity (Wildman–Crippen MR) is 89.5 cm³/mol. The molecule has 1 heterocycles. The van der Waals surface area contributed by atoms with Gasteiger partial charge in [-0.1, -0.05) is 24.3 Å². The number of nitrogens with two attached hydrogens (primary N) is 1. The highest BCUT2D eigenvalue weighted by molar-refractivity contribution is 6.14. The fraction of sp³-hybridized carbons (Fsp3) is 0.222. The summed E-state index contributed by atoms with van der Waals surface area (Å²) in [7, 11) is 2.96. The molecule has 0 bridgehead atoms. The molecule has 1 atom stereocenters. The molecule has 1 aliphatic rings. The Balaban J connectivity index is 2.14. The van der Waals surface area contributed by atoms with Gasteiger partial charge in [0.05, 0.1) is 14.2 Å². The third-order valence-electron chi connectivity index (χ3n) is 4.17. The quantitative estimate of drug-likeness (QED) is 0.928. The summed E-state index contributed by atoms with van der Waals surface area (Å²) in [5, 5.41) is 0. The molecule has 24 heavy (non-hydrogen) atoms. The van der Waals surface area contributed by atoms with Gasteiger partial charge in [0, 0.05) is 12.1 Å². The van der Waals surface area contributed by atoms with E-state index in [1.165, 1.54) is 19.1 Å². The van der Waals surface area contributed by atoms with Crippen LogP contribution in [0.3, 0.4) is 0 Å². The lowest BCUT2D eigenvalue weighted by atomic mass is 10.1. The second kappa shape index (κ2) is 6.23. The number of methoxy groups -OCH3 is 2. The first-order chi connectivity index (χ1) is 11.6. The first kappa shape index (κ1) is 15.9. The average molecular weight is 326 g/mol. The smallest absolute Gasteiger partial charge is 0.266 e. The molecule has 2 aromatic rings. The second-order valence-corrected chi connectivity index (χ2v) is 5.46. The maximum atomic E-state index is 13.2. The number of hydrogen-bond acceptors (Lipinski definition) is 4. The number of anilines is 1. The van der Waals surface area contributed by atoms with Gasteiger partial charge in [0.25, 0.3) is 5.91 Å². The first-order valence-corrected chi connectivity index (χ1v) is 7.50. The number of nitrogens with zero attached hydrogens (tertiary/aromatic N) is 1. The van der Waals surface area contributed by atoms with Crippen LogP contribution in [0.1, 0.15) is 15.9 Å². The van der Waals surface area contributed by atoms with Gasteiger partial charge in [0.2, 0.25) is 5.91 Å². The van der Waals surface area contributed by atoms with E-state index >= 15 is 0 Å². The summed E-state index contributed by atoms with van der Waals surface area (Å²) in [6, 6.07) is 11.7. The van der Waals surface area contributed by atoms with E-state index in [0.29, 0.717) is 23.6 Å². The van der Waals surface area contributed by atoms with Crippen molar-refractivity contribution in [1.29, 1.82) is 0 Å². The number of benzene rings is 2. The number of fused-ring (bicyclic) bond motifs is 1. The molecule has 0 fully saturated rings. The van der Waals surface area contributed by atoms with Gasteiger partial charge in [-0.25, -0.2) is 0 Å². The SMILES string of the molecule is COc1cccc(OC)c1C(=O)N1c2ccccc2CC1C(N)=O. The Morgan fingerprint density at radius 1 is 1.04 bits per heavy atom. The Morgan fingerprint density at radius 2 is 1.67 bits per heavy atom. The Hall–Kier alpha value is -3.02. The van der Waals surface area contributed by atoms with Crippen LogP contribution < -0.4 is 20.1 Å². The molecule has 6 heteroatoms. The summed E-state index contributed by atoms with van der Waals surface area (Å²) in [6.45, 7) is 0. The third-order valence-corrected chi connectivity index (χ3v) is 4.17. The normalized spacial score (nSPS) is 15.8. The number of para-hydroxylation sites is 1. The van der Waals surface area contributed by atoms with E-state index in [9.17, 15) is 9.59 Å². The molecule has 3 rings (SSSR count). The lowest BCUT2D eigenvalue weighted by Crippen LogP contribution is -2.46. The molecule has 124 valence electrons. The highest BCUT2D eigenvalue weighted by Crippen LogP contribution is 2.37. The van der Waals surface area contributed by atoms with Gasteiger partial charge in [-0.2, -0.15) is 0 Å². The van der Waals surface area contributed by atoms with Crippen molar-refractivity contribution in [1.82, 2.24) is 0 Å². The van der Waals surface area contributed by atoms with Crippen molar-refractivity contribution >= 4 is 17.5 Å². The van der Waals surface area contributed by atoms with Crippen LogP contribution in [0.4, 0.5) is 5.69 Å². The molecule has 6 nitrogen and oxygen atoms in total. The standard InChI is InChI=1S/C18H18N2O4/c1-23-14-8-5-9-15(24-2)16(14)18(22)20-12-7-4-3-6-11(12)10-13(20)17(19)21/h3-9,13H,10H2,1-2H3,(H2,19,21). The van der Waals surface area contributed by atoms with E-state index in [-0.39, 0.29) is 11.5 Å². The van der Waals surface area contributed by atoms with E-state index in [1.807, 2.05) is 18.2 Å². The van der Waals surface area contributed by atoms with Gasteiger partial charge in [0.1, 0.15) is 23.1 Å². The molecule has 2 N–H and O–H groups in total. The van der Waals surface area contributed by atoms with Crippen LogP contribution in [0.5, 0.6) is 11.5 Å². The maximum absolute atomic E-state index is 13.2. The number of rotatable bonds is 4. The van der Waals surface area contributed by atoms with Crippen LogP contribution in [0.2, 0.25) is 0 Å². The molecule has 0 radical (unpaired) electrons. The zero-order chi connectivity index (χ0) is 17.3. The van der Waals surface area contributed by atoms with Crippen LogP contribution >= 0.6 is 0 Å². The lowest BCUT2D eigenvalue weighted by molar-refractivity contribution is -0.119. The van der Waals surface area contributed by atoms with Crippen LogP contribution in [0.15, 0.2) is 42.5 Å². The minimum atomic E-state index is -0.732. The van der Waals surface area contributed by atoms with Crippen LogP contribution in [0, 0.1) is 0 Å². The molecule has 0 aliphatic carbocycles. The van der Waals surface area contributed by atoms with Gasteiger partial charge in [-0.15, -0.1) is 0 Å². The molecule has 1 unspecified atom stereocenters. The Bertz CT molecular complexity index is 781. The number of carbonyl (C=O) groups is 2. The summed E-state index contributed by atoms with van der Waals surface area (Å²) < 4.78 is 10.6. The Kier molecular flexibility index (Phi) is 4.12. The van der Waals surface area contributed by atoms with E-state index in [4.69, 9.17) is 15.2 Å². The van der Waals surface area contributed by atoms with E-state index in [1.54, 1.807) is 24.3 Å². The number of ether oxygens (including phenoxy) is 2. The monoisotopic (exact) mass is 326 g/mol. The predicted octanol–water partition coefficient (Wildman–Crippen LogP) is 1.76. The van der Waals surface area contributed by atoms with Crippen molar-refractivity contribution in [2.24, 2.45) is 5.73 Å². The molecule has 0 aromatic heterocycles. The second-order valence-electron chi connectivity index (χ2n) is 5.46. The molecule has 2 amide bonds. The topological polar surface area (TPSA) is 81.9 Å².